The standard InChI is InChI=1S/C22H21ClN6O2/c1-4-15-7-6-8-18(13-15)24-20(30)14-28(3)22(31)19(5-2)29-26-21(25-27-29)16-9-11-17(23)12-10-16/h1,6-13,19H,5,14H2,2-3H3,(H,24,30). The van der Waals surface area contributed by atoms with Crippen molar-refractivity contribution in [1.29, 1.82) is 0 Å². The molecule has 2 amide bonds. The number of nitrogens with one attached hydrogen (secondary N) is 1. The summed E-state index contributed by atoms with van der Waals surface area (Å²) in [6.07, 6.45) is 5.81. The van der Waals surface area contributed by atoms with Crippen LogP contribution in [0.2, 0.25) is 5.02 Å². The molecule has 0 aliphatic carbocycles. The molecular formula is C22H21ClN6O2. The van der Waals surface area contributed by atoms with Crippen molar-refractivity contribution in [3.63, 3.8) is 0 Å². The van der Waals surface area contributed by atoms with Crippen LogP contribution in [0.15, 0.2) is 48.5 Å². The highest BCUT2D eigenvalue weighted by atomic mass is 35.5. The zero-order chi connectivity index (χ0) is 22.4. The van der Waals surface area contributed by atoms with E-state index in [1.807, 2.05) is 6.92 Å². The van der Waals surface area contributed by atoms with Crippen molar-refractivity contribution in [2.45, 2.75) is 19.4 Å². The van der Waals surface area contributed by atoms with Crippen LogP contribution in [0.25, 0.3) is 11.4 Å². The fourth-order valence-electron chi connectivity index (χ4n) is 2.94. The highest BCUT2D eigenvalue weighted by Gasteiger charge is 2.26. The molecule has 3 rings (SSSR count). The summed E-state index contributed by atoms with van der Waals surface area (Å²) in [6.45, 7) is 1.71. The molecule has 2 aromatic carbocycles. The lowest BCUT2D eigenvalue weighted by atomic mass is 10.2. The van der Waals surface area contributed by atoms with Crippen molar-refractivity contribution in [2.24, 2.45) is 0 Å². The van der Waals surface area contributed by atoms with E-state index in [0.717, 1.165) is 5.56 Å². The number of carbonyl (C=O) groups excluding carboxylic acids is 2. The van der Waals surface area contributed by atoms with Crippen molar-refractivity contribution in [3.8, 4) is 23.7 Å². The Morgan fingerprint density at radius 1 is 1.26 bits per heavy atom. The van der Waals surface area contributed by atoms with Crippen molar-refractivity contribution >= 4 is 29.1 Å². The molecular weight excluding hydrogens is 416 g/mol. The Balaban J connectivity index is 1.66. The Morgan fingerprint density at radius 3 is 2.68 bits per heavy atom. The summed E-state index contributed by atoms with van der Waals surface area (Å²) in [5.41, 5.74) is 1.96. The summed E-state index contributed by atoms with van der Waals surface area (Å²) < 4.78 is 0. The van der Waals surface area contributed by atoms with Gasteiger partial charge in [0, 0.05) is 28.9 Å². The van der Waals surface area contributed by atoms with Crippen molar-refractivity contribution in [3.05, 3.63) is 59.1 Å². The van der Waals surface area contributed by atoms with E-state index in [-0.39, 0.29) is 18.4 Å². The van der Waals surface area contributed by atoms with Gasteiger partial charge in [0.25, 0.3) is 0 Å². The monoisotopic (exact) mass is 436 g/mol. The van der Waals surface area contributed by atoms with Gasteiger partial charge >= 0.3 is 0 Å². The highest BCUT2D eigenvalue weighted by molar-refractivity contribution is 6.30. The summed E-state index contributed by atoms with van der Waals surface area (Å²) in [5, 5.41) is 15.7. The molecule has 158 valence electrons. The summed E-state index contributed by atoms with van der Waals surface area (Å²) >= 11 is 5.91. The van der Waals surface area contributed by atoms with Gasteiger partial charge in [0.2, 0.25) is 17.6 Å². The second kappa shape index (κ2) is 9.87. The third kappa shape index (κ3) is 5.47. The maximum atomic E-state index is 12.9. The number of terminal acetylenes is 1. The molecule has 3 aromatic rings. The van der Waals surface area contributed by atoms with Crippen LogP contribution >= 0.6 is 11.6 Å². The van der Waals surface area contributed by atoms with Crippen LogP contribution in [-0.2, 0) is 9.59 Å². The van der Waals surface area contributed by atoms with E-state index in [0.29, 0.717) is 28.5 Å². The molecule has 0 saturated carbocycles. The van der Waals surface area contributed by atoms with Crippen LogP contribution in [0.5, 0.6) is 0 Å². The van der Waals surface area contributed by atoms with Crippen LogP contribution in [0.3, 0.4) is 0 Å². The third-order valence-corrected chi connectivity index (χ3v) is 4.80. The molecule has 1 N–H and O–H groups in total. The first-order valence-electron chi connectivity index (χ1n) is 9.58. The number of anilines is 1. The molecule has 0 saturated heterocycles. The molecule has 1 atom stereocenters. The maximum Gasteiger partial charge on any atom is 0.249 e. The lowest BCUT2D eigenvalue weighted by Gasteiger charge is -2.21. The van der Waals surface area contributed by atoms with E-state index in [2.05, 4.69) is 26.6 Å². The Hall–Kier alpha value is -3.70. The molecule has 0 aliphatic heterocycles. The largest absolute Gasteiger partial charge is 0.335 e. The fourth-order valence-corrected chi connectivity index (χ4v) is 3.07. The van der Waals surface area contributed by atoms with Crippen molar-refractivity contribution < 1.29 is 9.59 Å². The quantitative estimate of drug-likeness (QED) is 0.574. The van der Waals surface area contributed by atoms with E-state index in [9.17, 15) is 9.59 Å². The van der Waals surface area contributed by atoms with E-state index >= 15 is 0 Å². The van der Waals surface area contributed by atoms with Crippen LogP contribution in [0.1, 0.15) is 24.9 Å². The SMILES string of the molecule is C#Cc1cccc(NC(=O)CN(C)C(=O)C(CC)n2nnc(-c3ccc(Cl)cc3)n2)c1. The minimum atomic E-state index is -0.684. The first-order valence-corrected chi connectivity index (χ1v) is 9.96. The number of amides is 2. The molecule has 1 heterocycles. The van der Waals surface area contributed by atoms with Gasteiger partial charge in [-0.1, -0.05) is 30.5 Å². The van der Waals surface area contributed by atoms with Crippen LogP contribution in [0, 0.1) is 12.3 Å². The van der Waals surface area contributed by atoms with Crippen molar-refractivity contribution in [1.82, 2.24) is 25.1 Å². The first kappa shape index (κ1) is 22.0. The highest BCUT2D eigenvalue weighted by Crippen LogP contribution is 2.19. The Bertz CT molecular complexity index is 1120. The second-order valence-corrected chi connectivity index (χ2v) is 7.27. The topological polar surface area (TPSA) is 93.0 Å². The molecule has 0 radical (unpaired) electrons. The van der Waals surface area contributed by atoms with Gasteiger partial charge in [-0.2, -0.15) is 4.80 Å². The number of halogens is 1. The summed E-state index contributed by atoms with van der Waals surface area (Å²) in [4.78, 5) is 27.9. The molecule has 0 fully saturated rings. The molecule has 1 unspecified atom stereocenters. The van der Waals surface area contributed by atoms with Gasteiger partial charge in [0.15, 0.2) is 6.04 Å². The van der Waals surface area contributed by atoms with Gasteiger partial charge in [0.05, 0.1) is 6.54 Å². The number of hydrogen-bond donors (Lipinski definition) is 1. The van der Waals surface area contributed by atoms with E-state index < -0.39 is 6.04 Å². The summed E-state index contributed by atoms with van der Waals surface area (Å²) in [7, 11) is 1.56. The molecule has 0 bridgehead atoms. The smallest absolute Gasteiger partial charge is 0.249 e. The van der Waals surface area contributed by atoms with Crippen LogP contribution in [0.4, 0.5) is 5.69 Å². The van der Waals surface area contributed by atoms with Gasteiger partial charge in [-0.25, -0.2) is 0 Å². The number of hydrogen-bond acceptors (Lipinski definition) is 5. The number of aromatic nitrogens is 4. The Morgan fingerprint density at radius 2 is 2.00 bits per heavy atom. The predicted octanol–water partition coefficient (Wildman–Crippen LogP) is 3.02. The lowest BCUT2D eigenvalue weighted by molar-refractivity contribution is -0.137. The number of rotatable bonds is 7. The summed E-state index contributed by atoms with van der Waals surface area (Å²) in [5.74, 6) is 2.26. The second-order valence-electron chi connectivity index (χ2n) is 6.83. The molecule has 0 aliphatic rings. The van der Waals surface area contributed by atoms with E-state index in [1.54, 1.807) is 55.6 Å². The Labute approximate surface area is 185 Å². The number of nitrogens with zero attached hydrogens (tertiary/aromatic N) is 5. The lowest BCUT2D eigenvalue weighted by Crippen LogP contribution is -2.39. The molecule has 31 heavy (non-hydrogen) atoms. The van der Waals surface area contributed by atoms with Gasteiger partial charge < -0.3 is 10.2 Å². The van der Waals surface area contributed by atoms with Crippen molar-refractivity contribution in [2.75, 3.05) is 18.9 Å². The minimum Gasteiger partial charge on any atom is -0.335 e. The molecule has 1 aromatic heterocycles. The van der Waals surface area contributed by atoms with Gasteiger partial charge in [-0.3, -0.25) is 9.59 Å². The first-order chi connectivity index (χ1) is 14.9. The van der Waals surface area contributed by atoms with Crippen LogP contribution < -0.4 is 5.32 Å². The normalized spacial score (nSPS) is 11.4. The fraction of sp³-hybridized carbons (Fsp3) is 0.227. The van der Waals surface area contributed by atoms with E-state index in [4.69, 9.17) is 18.0 Å². The van der Waals surface area contributed by atoms with Gasteiger partial charge in [-0.15, -0.1) is 16.6 Å². The average Bonchev–Trinajstić information content (AvgIpc) is 3.24. The minimum absolute atomic E-state index is 0.131. The predicted molar refractivity (Wildman–Crippen MR) is 118 cm³/mol. The van der Waals surface area contributed by atoms with E-state index in [1.165, 1.54) is 9.70 Å². The molecule has 0 spiro atoms. The molecule has 8 nitrogen and oxygen atoms in total. The number of tetrazole rings is 1. The maximum absolute atomic E-state index is 12.9. The number of likely N-dealkylation sites (N-methyl/N-ethyl adjacent to an activating group) is 1. The van der Waals surface area contributed by atoms with Gasteiger partial charge in [0.1, 0.15) is 0 Å². The average molecular weight is 437 g/mol. The Kier molecular flexibility index (Phi) is 7.00. The zero-order valence-electron chi connectivity index (χ0n) is 17.1. The van der Waals surface area contributed by atoms with Crippen LogP contribution in [-0.4, -0.2) is 50.5 Å². The van der Waals surface area contributed by atoms with Gasteiger partial charge in [-0.05, 0) is 54.1 Å². The number of carbonyl (C=O) groups is 2. The molecule has 9 heteroatoms. The number of benzene rings is 2. The zero-order valence-corrected chi connectivity index (χ0v) is 17.9. The summed E-state index contributed by atoms with van der Waals surface area (Å²) in [6, 6.07) is 13.3. The third-order valence-electron chi connectivity index (χ3n) is 4.55.